The molecule has 32 heteroatoms. The first-order valence-corrected chi connectivity index (χ1v) is 35.2. The van der Waals surface area contributed by atoms with Gasteiger partial charge in [0, 0.05) is 20.1 Å². The number of cyclic esters (lactones) is 1. The van der Waals surface area contributed by atoms with Gasteiger partial charge < -0.3 is 153 Å². The zero-order chi connectivity index (χ0) is 72.1. The molecule has 570 valence electrons. The van der Waals surface area contributed by atoms with Crippen molar-refractivity contribution in [3.63, 3.8) is 0 Å². The molecule has 0 radical (unpaired) electrons. The van der Waals surface area contributed by atoms with Gasteiger partial charge in [0.1, 0.15) is 145 Å². The van der Waals surface area contributed by atoms with E-state index in [1.165, 1.54) is 21.1 Å². The fourth-order valence-corrected chi connectivity index (χ4v) is 19.4. The molecule has 0 aromatic carbocycles. The molecular weight excluding hydrogens is 1320 g/mol. The van der Waals surface area contributed by atoms with E-state index in [1.54, 1.807) is 0 Å². The summed E-state index contributed by atoms with van der Waals surface area (Å²) in [4.78, 5) is 14.6. The van der Waals surface area contributed by atoms with E-state index in [0.717, 1.165) is 37.7 Å². The predicted molar refractivity (Wildman–Crippen MR) is 332 cm³/mol. The molecule has 0 bridgehead atoms. The van der Waals surface area contributed by atoms with Crippen molar-refractivity contribution in [2.75, 3.05) is 47.3 Å². The van der Waals surface area contributed by atoms with Crippen LogP contribution in [0.5, 0.6) is 0 Å². The highest BCUT2D eigenvalue weighted by Crippen LogP contribution is 2.76. The Hall–Kier alpha value is -1.99. The lowest BCUT2D eigenvalue weighted by molar-refractivity contribution is -0.397. The van der Waals surface area contributed by atoms with Crippen molar-refractivity contribution in [2.45, 2.75) is 309 Å². The maximum absolute atomic E-state index is 14.6. The van der Waals surface area contributed by atoms with E-state index in [4.69, 9.17) is 71.1 Å². The second kappa shape index (κ2) is 30.3. The van der Waals surface area contributed by atoms with Crippen molar-refractivity contribution in [3.8, 4) is 0 Å². The molecule has 7 saturated heterocycles. The van der Waals surface area contributed by atoms with Gasteiger partial charge >= 0.3 is 5.97 Å². The number of methoxy groups -OCH3 is 2. The number of carbonyl (C=O) groups excluding carboxylic acids is 1. The van der Waals surface area contributed by atoms with E-state index in [2.05, 4.69) is 41.5 Å². The number of carbonyl (C=O) groups is 1. The van der Waals surface area contributed by atoms with Crippen LogP contribution in [0.1, 0.15) is 113 Å². The maximum Gasteiger partial charge on any atom is 0.316 e. The summed E-state index contributed by atoms with van der Waals surface area (Å²) in [6.45, 7) is 12.6. The minimum atomic E-state index is -2.07. The van der Waals surface area contributed by atoms with Gasteiger partial charge in [0.05, 0.1) is 51.3 Å². The van der Waals surface area contributed by atoms with Gasteiger partial charge in [-0.2, -0.15) is 0 Å². The van der Waals surface area contributed by atoms with Crippen LogP contribution >= 0.6 is 0 Å². The van der Waals surface area contributed by atoms with Crippen LogP contribution in [-0.2, 0) is 75.8 Å². The van der Waals surface area contributed by atoms with Crippen LogP contribution in [0.3, 0.4) is 0 Å². The van der Waals surface area contributed by atoms with Crippen LogP contribution in [0, 0.1) is 45.3 Å². The van der Waals surface area contributed by atoms with E-state index in [9.17, 15) is 86.5 Å². The normalized spacial score (nSPS) is 52.9. The Bertz CT molecular complexity index is 2730. The Morgan fingerprint density at radius 3 is 1.56 bits per heavy atom. The van der Waals surface area contributed by atoms with E-state index in [1.807, 2.05) is 13.0 Å². The lowest BCUT2D eigenvalue weighted by Crippen LogP contribution is -2.67. The summed E-state index contributed by atoms with van der Waals surface area (Å²) in [5.74, 6) is -0.115. The van der Waals surface area contributed by atoms with Gasteiger partial charge in [-0.1, -0.05) is 59.6 Å². The Balaban J connectivity index is 0.827. The largest absolute Gasteiger partial charge is 0.459 e. The van der Waals surface area contributed by atoms with Crippen LogP contribution in [0.4, 0.5) is 0 Å². The van der Waals surface area contributed by atoms with Gasteiger partial charge in [0.25, 0.3) is 0 Å². The van der Waals surface area contributed by atoms with E-state index >= 15 is 0 Å². The molecule has 16 N–H and O–H groups in total. The molecule has 99 heavy (non-hydrogen) atoms. The monoisotopic (exact) mass is 1430 g/mol. The summed E-state index contributed by atoms with van der Waals surface area (Å²) < 4.78 is 90.1. The third-order valence-corrected chi connectivity index (χ3v) is 24.9. The molecular formula is C67H110O32. The highest BCUT2D eigenvalue weighted by Gasteiger charge is 2.79. The fourth-order valence-electron chi connectivity index (χ4n) is 19.4. The van der Waals surface area contributed by atoms with E-state index < -0.39 is 251 Å². The number of allylic oxidation sites excluding steroid dienone is 1. The second-order valence-corrected chi connectivity index (χ2v) is 31.2. The summed E-state index contributed by atoms with van der Waals surface area (Å²) >= 11 is 0. The van der Waals surface area contributed by atoms with Crippen LogP contribution in [0.15, 0.2) is 11.6 Å². The van der Waals surface area contributed by atoms with Crippen LogP contribution < -0.4 is 0 Å². The molecule has 8 unspecified atom stereocenters. The van der Waals surface area contributed by atoms with E-state index in [-0.39, 0.29) is 23.7 Å². The molecule has 32 nitrogen and oxygen atoms in total. The average molecular weight is 1430 g/mol. The Morgan fingerprint density at radius 1 is 0.505 bits per heavy atom. The smallest absolute Gasteiger partial charge is 0.316 e. The highest BCUT2D eigenvalue weighted by atomic mass is 16.8. The first-order valence-electron chi connectivity index (χ1n) is 35.2. The van der Waals surface area contributed by atoms with Crippen LogP contribution in [-0.4, -0.2) is 331 Å². The molecule has 11 aliphatic rings. The lowest BCUT2D eigenvalue weighted by Gasteiger charge is -2.64. The fraction of sp³-hybridized carbons (Fsp3) is 0.955. The lowest BCUT2D eigenvalue weighted by atomic mass is 9.40. The Morgan fingerprint density at radius 2 is 1.00 bits per heavy atom. The highest BCUT2D eigenvalue weighted by molar-refractivity contribution is 5.84. The molecule has 0 amide bonds. The van der Waals surface area contributed by atoms with Gasteiger partial charge in [-0.25, -0.2) is 0 Å². The molecule has 4 aliphatic carbocycles. The maximum atomic E-state index is 14.6. The molecule has 0 aromatic heterocycles. The van der Waals surface area contributed by atoms with Crippen LogP contribution in [0.25, 0.3) is 0 Å². The summed E-state index contributed by atoms with van der Waals surface area (Å²) in [5, 5.41) is 180. The standard InChI is InChI=1S/C67H110O32/c1-26(2)12-11-17-66(8)36-15-19-65(7)28-13-14-35-63(4,5)38(16-18-64(35,6)29(28)20-37(72)67(36,65)62(84)99-66)94-61-55(42(76)34(25-87-61)93-57-46(80)44(78)51(33(24-71)92-57)96-58-47(81)52(85-9)39(73)30(21-68)89-58)98-56-45(79)43(77)50(27(3)88-56)95-60-49(83)54(41(75)32(23-70)91-60)97-59-48(82)53(86-10)40(74)31(22-69)90-59/h20,26-28,30-61,68-83H,11-19,21-25H2,1-10H3/t27-,28?,30-,31-,32-,33-,34-,35?,36?,37-,38+,39-,40-,41-,42+,43-,44-,45-,46-,47-,48-,49-,50-,51-,52+,53?,54?,55-,56+,57+,58?,59?,60+,61+,64-,65+,66+,67?/m1/s1. The Kier molecular flexibility index (Phi) is 23.9. The number of aliphatic hydroxyl groups excluding tert-OH is 16. The third-order valence-electron chi connectivity index (χ3n) is 24.9. The van der Waals surface area contributed by atoms with Gasteiger partial charge in [-0.15, -0.1) is 0 Å². The first-order chi connectivity index (χ1) is 46.8. The van der Waals surface area contributed by atoms with Crippen molar-refractivity contribution >= 4 is 5.97 Å². The van der Waals surface area contributed by atoms with Gasteiger partial charge in [-0.3, -0.25) is 4.79 Å². The quantitative estimate of drug-likeness (QED) is 0.0279. The SMILES string of the molecule is COC1[C@@H](O)C(OC2[C@@H](O)[C@H](O[C@H]3[C@H](O)[C@@H](O)[C@H](O[C@H]4[C@H](O[C@H]5CC[C@]6(C)C7=C[C@@H](O)C89C(=O)O[C@@](C)(CCCC(C)C)C8CC[C@@]9(C)C7CCC6C5(C)C)OC[C@@H](O[C@@H]5O[C@H](CO)[C@@H](OC6O[C@H](CO)[C@@H](O)[C@H](OC)[C@H]6O)[C@H](O)[C@H]5O)[C@@H]4O)O[C@@H]3C)O[C@H](CO)[C@H]2O)O[C@H](CO)[C@H]1O. The number of ether oxygens (including phenoxy) is 15. The molecule has 0 aromatic rings. The number of rotatable bonds is 22. The topological polar surface area (TPSA) is 479 Å². The number of fused-ring (bicyclic) bond motifs is 4. The second-order valence-electron chi connectivity index (χ2n) is 31.2. The predicted octanol–water partition coefficient (Wildman–Crippen LogP) is -4.03. The number of hydrogen-bond donors (Lipinski definition) is 16. The average Bonchev–Trinajstić information content (AvgIpc) is 1.55. The zero-order valence-corrected chi connectivity index (χ0v) is 57.9. The van der Waals surface area contributed by atoms with Crippen molar-refractivity contribution in [3.05, 3.63) is 11.6 Å². The molecule has 7 heterocycles. The van der Waals surface area contributed by atoms with Crippen LogP contribution in [0.2, 0.25) is 0 Å². The number of aliphatic hydroxyl groups is 16. The van der Waals surface area contributed by atoms with Gasteiger partial charge in [0.15, 0.2) is 37.7 Å². The summed E-state index contributed by atoms with van der Waals surface area (Å²) in [6, 6.07) is 0. The van der Waals surface area contributed by atoms with Gasteiger partial charge in [-0.05, 0) is 99.2 Å². The first kappa shape index (κ1) is 78.1. The Labute approximate surface area is 575 Å². The van der Waals surface area contributed by atoms with Crippen molar-refractivity contribution < 1.29 is 158 Å². The molecule has 38 atom stereocenters. The molecule has 10 fully saturated rings. The molecule has 1 spiro atoms. The molecule has 3 saturated carbocycles. The van der Waals surface area contributed by atoms with E-state index in [0.29, 0.717) is 31.6 Å². The minimum absolute atomic E-state index is 0.0337. The van der Waals surface area contributed by atoms with Crippen molar-refractivity contribution in [2.24, 2.45) is 45.3 Å². The summed E-state index contributed by atoms with van der Waals surface area (Å²) in [5.41, 5.74) is -2.49. The number of esters is 1. The zero-order valence-electron chi connectivity index (χ0n) is 57.9. The number of hydrogen-bond acceptors (Lipinski definition) is 32. The van der Waals surface area contributed by atoms with Crippen molar-refractivity contribution in [1.82, 2.24) is 0 Å². The summed E-state index contributed by atoms with van der Waals surface area (Å²) in [6.07, 6.45) is -42.1. The van der Waals surface area contributed by atoms with Gasteiger partial charge in [0.2, 0.25) is 0 Å². The molecule has 7 aliphatic heterocycles. The van der Waals surface area contributed by atoms with Crippen molar-refractivity contribution in [1.29, 1.82) is 0 Å². The molecule has 11 rings (SSSR count). The third kappa shape index (κ3) is 13.5. The summed E-state index contributed by atoms with van der Waals surface area (Å²) in [7, 11) is 2.37. The minimum Gasteiger partial charge on any atom is -0.459 e.